The molecule has 2 aromatic rings. The van der Waals surface area contributed by atoms with Crippen LogP contribution < -0.4 is 14.4 Å². The monoisotopic (exact) mass is 763 g/mol. The Hall–Kier alpha value is -3.84. The van der Waals surface area contributed by atoms with Gasteiger partial charge in [0.25, 0.3) is 5.91 Å². The molecule has 9 nitrogen and oxygen atoms in total. The van der Waals surface area contributed by atoms with E-state index in [1.165, 1.54) is 30.7 Å². The Kier molecular flexibility index (Phi) is 11.8. The van der Waals surface area contributed by atoms with Gasteiger partial charge in [-0.3, -0.25) is 19.1 Å². The minimum Gasteiger partial charge on any atom is -0.490 e. The molecule has 5 rings (SSSR count). The van der Waals surface area contributed by atoms with Crippen LogP contribution in [0.4, 0.5) is 18.9 Å². The molecule has 0 radical (unpaired) electrons. The largest absolute Gasteiger partial charge is 0.490 e. The summed E-state index contributed by atoms with van der Waals surface area (Å²) in [4.78, 5) is 39.9. The van der Waals surface area contributed by atoms with E-state index in [2.05, 4.69) is 22.4 Å². The lowest BCUT2D eigenvalue weighted by molar-refractivity contribution is -0.171. The van der Waals surface area contributed by atoms with E-state index < -0.39 is 56.6 Å². The molecule has 1 fully saturated rings. The lowest BCUT2D eigenvalue weighted by Gasteiger charge is -2.45. The van der Waals surface area contributed by atoms with E-state index in [1.54, 1.807) is 25.1 Å². The summed E-state index contributed by atoms with van der Waals surface area (Å²) in [6.07, 6.45) is 1.89. The van der Waals surface area contributed by atoms with Gasteiger partial charge < -0.3 is 14.4 Å². The predicted molar refractivity (Wildman–Crippen MR) is 195 cm³/mol. The maximum Gasteiger partial charge on any atom is 0.472 e. The van der Waals surface area contributed by atoms with Gasteiger partial charge in [0.05, 0.1) is 17.5 Å². The second kappa shape index (κ2) is 15.6. The third kappa shape index (κ3) is 8.35. The molecule has 52 heavy (non-hydrogen) atoms. The summed E-state index contributed by atoms with van der Waals surface area (Å²) in [5.41, 5.74) is 2.36. The molecule has 1 spiro atoms. The van der Waals surface area contributed by atoms with Crippen molar-refractivity contribution >= 4 is 45.0 Å². The fraction of sp³-hybridized carbons (Fsp3) is 0.500. The average molecular weight is 764 g/mol. The molecule has 0 saturated heterocycles. The number of hydrogen-bond donors (Lipinski definition) is 1. The van der Waals surface area contributed by atoms with Gasteiger partial charge in [0, 0.05) is 41.9 Å². The standard InChI is InChI=1S/C38H45ClF3N3O6S/c1-6-9-23(3)24(4)52(49,44-36(48)38(40,41)42)43-35(47)27-12-16-34-32(19-27)45(20-28-11-14-30(28)33(7-2)51-25(5)46)21-37(22-50-34)17-8-10-26-18-29(39)13-15-31(26)37/h6-7,12-13,15-16,18-19,23-24,28,30,33H,1-2,8-11,14,17,20-22H2,3-5H3,(H,43,44,47,48,49). The zero-order chi connectivity index (χ0) is 38.0. The summed E-state index contributed by atoms with van der Waals surface area (Å²) in [6, 6.07) is 10.5. The topological polar surface area (TPSA) is 114 Å². The van der Waals surface area contributed by atoms with Crippen molar-refractivity contribution in [3.05, 3.63) is 83.4 Å². The molecule has 0 aromatic heterocycles. The molecule has 1 saturated carbocycles. The van der Waals surface area contributed by atoms with Gasteiger partial charge in [-0.2, -0.15) is 13.2 Å². The molecule has 1 N–H and O–H groups in total. The number of halogens is 4. The number of aryl methyl sites for hydroxylation is 1. The number of nitrogens with zero attached hydrogens (tertiary/aromatic N) is 2. The molecule has 14 heteroatoms. The van der Waals surface area contributed by atoms with Crippen LogP contribution in [0.1, 0.15) is 74.4 Å². The van der Waals surface area contributed by atoms with Crippen molar-refractivity contribution < 1.29 is 41.2 Å². The Morgan fingerprint density at radius 1 is 1.19 bits per heavy atom. The number of amides is 2. The van der Waals surface area contributed by atoms with E-state index in [9.17, 15) is 31.8 Å². The van der Waals surface area contributed by atoms with E-state index >= 15 is 0 Å². The normalized spacial score (nSPS) is 23.9. The molecule has 2 aliphatic carbocycles. The van der Waals surface area contributed by atoms with Crippen LogP contribution in [0.15, 0.2) is 66.1 Å². The number of carbonyl (C=O) groups excluding carboxylic acids is 3. The van der Waals surface area contributed by atoms with Gasteiger partial charge in [-0.1, -0.05) is 43.3 Å². The number of benzene rings is 2. The average Bonchev–Trinajstić information content (AvgIpc) is 3.22. The number of alkyl halides is 3. The Bertz CT molecular complexity index is 1860. The van der Waals surface area contributed by atoms with Gasteiger partial charge in [0.2, 0.25) is 0 Å². The number of hydrogen-bond acceptors (Lipinski definition) is 7. The number of anilines is 1. The molecule has 1 heterocycles. The highest BCUT2D eigenvalue weighted by atomic mass is 35.5. The molecule has 0 bridgehead atoms. The number of allylic oxidation sites excluding steroid dienone is 1. The number of nitrogens with one attached hydrogen (secondary N) is 1. The first-order valence-electron chi connectivity index (χ1n) is 17.4. The second-order valence-corrected chi connectivity index (χ2v) is 16.9. The number of ether oxygens (including phenoxy) is 2. The molecule has 1 aliphatic heterocycles. The minimum absolute atomic E-state index is 0.0169. The first kappa shape index (κ1) is 39.4. The third-order valence-corrected chi connectivity index (χ3v) is 13.4. The van der Waals surface area contributed by atoms with Crippen molar-refractivity contribution in [1.29, 1.82) is 0 Å². The lowest BCUT2D eigenvalue weighted by atomic mass is 9.68. The fourth-order valence-electron chi connectivity index (χ4n) is 7.62. The van der Waals surface area contributed by atoms with Gasteiger partial charge in [-0.15, -0.1) is 10.9 Å². The van der Waals surface area contributed by atoms with Crippen LogP contribution in [-0.4, -0.2) is 59.2 Å². The smallest absolute Gasteiger partial charge is 0.472 e. The fourth-order valence-corrected chi connectivity index (χ4v) is 9.69. The predicted octanol–water partition coefficient (Wildman–Crippen LogP) is 7.76. The van der Waals surface area contributed by atoms with Crippen LogP contribution in [0.25, 0.3) is 0 Å². The number of fused-ring (bicyclic) bond motifs is 3. The highest BCUT2D eigenvalue weighted by molar-refractivity contribution is 7.93. The molecular formula is C38H45ClF3N3O6S. The van der Waals surface area contributed by atoms with Crippen molar-refractivity contribution in [2.24, 2.45) is 22.1 Å². The Labute approximate surface area is 308 Å². The van der Waals surface area contributed by atoms with Crippen LogP contribution in [0, 0.1) is 17.8 Å². The van der Waals surface area contributed by atoms with Crippen molar-refractivity contribution in [3.8, 4) is 5.75 Å². The zero-order valence-electron chi connectivity index (χ0n) is 29.5. The van der Waals surface area contributed by atoms with Crippen LogP contribution in [0.3, 0.4) is 0 Å². The number of rotatable bonds is 11. The second-order valence-electron chi connectivity index (χ2n) is 14.2. The van der Waals surface area contributed by atoms with Crippen molar-refractivity contribution in [1.82, 2.24) is 4.72 Å². The summed E-state index contributed by atoms with van der Waals surface area (Å²) in [5.74, 6) is -3.83. The van der Waals surface area contributed by atoms with Gasteiger partial charge >= 0.3 is 18.1 Å². The summed E-state index contributed by atoms with van der Waals surface area (Å²) in [7, 11) is -4.26. The highest BCUT2D eigenvalue weighted by Gasteiger charge is 2.45. The van der Waals surface area contributed by atoms with Crippen LogP contribution in [0.2, 0.25) is 5.02 Å². The van der Waals surface area contributed by atoms with Crippen molar-refractivity contribution in [2.75, 3.05) is 24.6 Å². The van der Waals surface area contributed by atoms with Crippen LogP contribution in [0.5, 0.6) is 5.75 Å². The van der Waals surface area contributed by atoms with E-state index in [-0.39, 0.29) is 23.8 Å². The quantitative estimate of drug-likeness (QED) is 0.184. The molecule has 282 valence electrons. The Morgan fingerprint density at radius 3 is 2.58 bits per heavy atom. The molecule has 2 amide bonds. The lowest BCUT2D eigenvalue weighted by Crippen LogP contribution is -2.49. The molecular weight excluding hydrogens is 719 g/mol. The summed E-state index contributed by atoms with van der Waals surface area (Å²) in [5, 5.41) is -0.487. The maximum absolute atomic E-state index is 14.0. The number of esters is 1. The third-order valence-electron chi connectivity index (χ3n) is 10.7. The first-order chi connectivity index (χ1) is 24.5. The van der Waals surface area contributed by atoms with E-state index in [0.717, 1.165) is 43.2 Å². The molecule has 2 aromatic carbocycles. The van der Waals surface area contributed by atoms with Gasteiger partial charge in [0.15, 0.2) is 0 Å². The highest BCUT2D eigenvalue weighted by Crippen LogP contribution is 2.47. The summed E-state index contributed by atoms with van der Waals surface area (Å²) >= 11 is 6.39. The maximum atomic E-state index is 14.0. The minimum atomic E-state index is -5.34. The first-order valence-corrected chi connectivity index (χ1v) is 19.4. The molecule has 7 unspecified atom stereocenters. The Morgan fingerprint density at radius 2 is 1.94 bits per heavy atom. The van der Waals surface area contributed by atoms with E-state index in [4.69, 9.17) is 21.1 Å². The van der Waals surface area contributed by atoms with Gasteiger partial charge in [0.1, 0.15) is 21.8 Å². The zero-order valence-corrected chi connectivity index (χ0v) is 31.1. The van der Waals surface area contributed by atoms with Gasteiger partial charge in [-0.05, 0) is 98.7 Å². The Balaban J connectivity index is 1.57. The van der Waals surface area contributed by atoms with E-state index in [0.29, 0.717) is 36.2 Å². The van der Waals surface area contributed by atoms with E-state index in [1.807, 2.05) is 18.2 Å². The molecule has 3 aliphatic rings. The van der Waals surface area contributed by atoms with Crippen molar-refractivity contribution in [3.63, 3.8) is 0 Å². The van der Waals surface area contributed by atoms with Crippen LogP contribution >= 0.6 is 11.6 Å². The summed E-state index contributed by atoms with van der Waals surface area (Å²) < 4.78 is 71.5. The SMILES string of the molecule is C=CCC(C)C(C)S(=O)(=NC(=O)c1ccc2c(c1)N(CC1CCC1C(C=C)OC(C)=O)CC1(CCCc3cc(Cl)ccc31)CO2)NC(=O)C(F)(F)F. The van der Waals surface area contributed by atoms with Crippen LogP contribution in [-0.2, 0) is 36.1 Å². The van der Waals surface area contributed by atoms with Gasteiger partial charge in [-0.25, -0.2) is 4.21 Å². The molecule has 7 atom stereocenters. The summed E-state index contributed by atoms with van der Waals surface area (Å²) in [6.45, 7) is 13.3. The number of carbonyl (C=O) groups is 3. The van der Waals surface area contributed by atoms with Crippen molar-refractivity contribution in [2.45, 2.75) is 82.2 Å².